The Morgan fingerprint density at radius 3 is 2.72 bits per heavy atom. The number of amides is 1. The van der Waals surface area contributed by atoms with Crippen molar-refractivity contribution in [3.63, 3.8) is 0 Å². The molecule has 1 aliphatic heterocycles. The lowest BCUT2D eigenvalue weighted by molar-refractivity contribution is 0.0531. The molecule has 0 aromatic heterocycles. The molecule has 1 aromatic rings. The van der Waals surface area contributed by atoms with E-state index in [-0.39, 0.29) is 12.1 Å². The fraction of sp³-hybridized carbons (Fsp3) is 0.444. The van der Waals surface area contributed by atoms with Crippen LogP contribution in [0.15, 0.2) is 30.1 Å². The molecule has 1 aliphatic rings. The standard InChI is InChI=1S/C18H23FN2O4/c1-18(2,3)25-17(24)20-10-12(9-19)11-21-7-6-13-8-14(16(22)23)4-5-15(13)21/h4-5,8-9H,6-7,10-11H2,1-3H3,(H,20,24)(H,22,23)/b12-9+. The van der Waals surface area contributed by atoms with Crippen LogP contribution in [0.5, 0.6) is 0 Å². The van der Waals surface area contributed by atoms with Crippen molar-refractivity contribution in [1.29, 1.82) is 0 Å². The molecular formula is C18H23FN2O4. The van der Waals surface area contributed by atoms with Gasteiger partial charge in [-0.3, -0.25) is 0 Å². The van der Waals surface area contributed by atoms with Crippen molar-refractivity contribution >= 4 is 17.7 Å². The van der Waals surface area contributed by atoms with E-state index in [0.29, 0.717) is 31.4 Å². The maximum atomic E-state index is 13.2. The molecule has 136 valence electrons. The topological polar surface area (TPSA) is 78.9 Å². The van der Waals surface area contributed by atoms with Gasteiger partial charge in [0.05, 0.1) is 11.9 Å². The van der Waals surface area contributed by atoms with Crippen molar-refractivity contribution in [1.82, 2.24) is 5.32 Å². The van der Waals surface area contributed by atoms with Crippen molar-refractivity contribution in [2.45, 2.75) is 32.8 Å². The van der Waals surface area contributed by atoms with Gasteiger partial charge in [0.2, 0.25) is 0 Å². The zero-order chi connectivity index (χ0) is 18.6. The fourth-order valence-electron chi connectivity index (χ4n) is 2.64. The van der Waals surface area contributed by atoms with Crippen LogP contribution in [0.2, 0.25) is 0 Å². The molecule has 1 heterocycles. The molecule has 2 N–H and O–H groups in total. The number of hydrogen-bond acceptors (Lipinski definition) is 4. The monoisotopic (exact) mass is 350 g/mol. The Balaban J connectivity index is 1.96. The molecule has 0 saturated heterocycles. The molecule has 7 heteroatoms. The van der Waals surface area contributed by atoms with Crippen molar-refractivity contribution in [2.75, 3.05) is 24.5 Å². The number of ether oxygens (including phenoxy) is 1. The molecule has 0 aliphatic carbocycles. The minimum absolute atomic E-state index is 0.0461. The normalized spacial score (nSPS) is 14.2. The van der Waals surface area contributed by atoms with Gasteiger partial charge in [-0.2, -0.15) is 0 Å². The molecule has 0 saturated carbocycles. The summed E-state index contributed by atoms with van der Waals surface area (Å²) in [6, 6.07) is 4.93. The lowest BCUT2D eigenvalue weighted by Gasteiger charge is -2.22. The van der Waals surface area contributed by atoms with Crippen LogP contribution >= 0.6 is 0 Å². The van der Waals surface area contributed by atoms with Crippen LogP contribution in [0.1, 0.15) is 36.7 Å². The maximum Gasteiger partial charge on any atom is 0.407 e. The van der Waals surface area contributed by atoms with Crippen LogP contribution in [0, 0.1) is 0 Å². The Morgan fingerprint density at radius 2 is 2.12 bits per heavy atom. The summed E-state index contributed by atoms with van der Waals surface area (Å²) in [5.74, 6) is -0.966. The van der Waals surface area contributed by atoms with Gasteiger partial charge in [-0.15, -0.1) is 0 Å². The molecule has 0 bridgehead atoms. The van der Waals surface area contributed by atoms with E-state index in [2.05, 4.69) is 5.32 Å². The molecule has 0 spiro atoms. The largest absolute Gasteiger partial charge is 0.478 e. The van der Waals surface area contributed by atoms with E-state index in [9.17, 15) is 14.0 Å². The smallest absolute Gasteiger partial charge is 0.407 e. The maximum absolute atomic E-state index is 13.2. The number of fused-ring (bicyclic) bond motifs is 1. The third-order valence-corrected chi connectivity index (χ3v) is 3.73. The third-order valence-electron chi connectivity index (χ3n) is 3.73. The van der Waals surface area contributed by atoms with Crippen LogP contribution in [0.4, 0.5) is 14.9 Å². The van der Waals surface area contributed by atoms with Crippen molar-refractivity contribution in [3.8, 4) is 0 Å². The first-order chi connectivity index (χ1) is 11.7. The van der Waals surface area contributed by atoms with Gasteiger partial charge in [0.25, 0.3) is 0 Å². The summed E-state index contributed by atoms with van der Waals surface area (Å²) in [4.78, 5) is 24.7. The number of nitrogens with one attached hydrogen (secondary N) is 1. The molecular weight excluding hydrogens is 327 g/mol. The number of aromatic carboxylic acids is 1. The first-order valence-electron chi connectivity index (χ1n) is 8.06. The van der Waals surface area contributed by atoms with E-state index in [4.69, 9.17) is 9.84 Å². The molecule has 2 rings (SSSR count). The van der Waals surface area contributed by atoms with Crippen LogP contribution in [0.3, 0.4) is 0 Å². The van der Waals surface area contributed by atoms with Crippen molar-refractivity contribution in [3.05, 3.63) is 41.2 Å². The highest BCUT2D eigenvalue weighted by Gasteiger charge is 2.22. The highest BCUT2D eigenvalue weighted by Crippen LogP contribution is 2.29. The van der Waals surface area contributed by atoms with E-state index in [1.807, 2.05) is 4.90 Å². The Labute approximate surface area is 146 Å². The number of carboxylic acid groups (broad SMARTS) is 1. The van der Waals surface area contributed by atoms with Gasteiger partial charge in [0.1, 0.15) is 5.60 Å². The minimum Gasteiger partial charge on any atom is -0.478 e. The Hall–Kier alpha value is -2.57. The number of benzene rings is 1. The zero-order valence-electron chi connectivity index (χ0n) is 14.6. The van der Waals surface area contributed by atoms with E-state index in [1.165, 1.54) is 6.07 Å². The summed E-state index contributed by atoms with van der Waals surface area (Å²) in [6.07, 6.45) is 0.594. The molecule has 1 amide bonds. The second-order valence-electron chi connectivity index (χ2n) is 6.94. The molecule has 25 heavy (non-hydrogen) atoms. The number of nitrogens with zero attached hydrogens (tertiary/aromatic N) is 1. The highest BCUT2D eigenvalue weighted by atomic mass is 19.1. The van der Waals surface area contributed by atoms with Gasteiger partial charge >= 0.3 is 12.1 Å². The Bertz CT molecular complexity index is 695. The van der Waals surface area contributed by atoms with Gasteiger partial charge in [-0.25, -0.2) is 14.0 Å². The van der Waals surface area contributed by atoms with Gasteiger partial charge in [-0.05, 0) is 56.5 Å². The second kappa shape index (κ2) is 7.55. The van der Waals surface area contributed by atoms with Gasteiger partial charge < -0.3 is 20.1 Å². The van der Waals surface area contributed by atoms with E-state index in [0.717, 1.165) is 11.3 Å². The van der Waals surface area contributed by atoms with Crippen LogP contribution in [-0.2, 0) is 11.2 Å². The van der Waals surface area contributed by atoms with Gasteiger partial charge in [0, 0.05) is 25.3 Å². The number of anilines is 1. The van der Waals surface area contributed by atoms with Crippen LogP contribution in [0.25, 0.3) is 0 Å². The van der Waals surface area contributed by atoms with Crippen molar-refractivity contribution in [2.24, 2.45) is 0 Å². The molecule has 0 fully saturated rings. The highest BCUT2D eigenvalue weighted by molar-refractivity contribution is 5.88. The summed E-state index contributed by atoms with van der Waals surface area (Å²) in [5, 5.41) is 11.6. The molecule has 1 aromatic carbocycles. The van der Waals surface area contributed by atoms with E-state index < -0.39 is 17.7 Å². The average molecular weight is 350 g/mol. The number of rotatable bonds is 5. The number of carbonyl (C=O) groups is 2. The van der Waals surface area contributed by atoms with Crippen molar-refractivity contribution < 1.29 is 23.8 Å². The van der Waals surface area contributed by atoms with E-state index >= 15 is 0 Å². The number of carboxylic acids is 1. The summed E-state index contributed by atoms with van der Waals surface area (Å²) < 4.78 is 18.3. The first kappa shape index (κ1) is 18.8. The number of alkyl carbamates (subject to hydrolysis) is 1. The second-order valence-corrected chi connectivity index (χ2v) is 6.94. The summed E-state index contributed by atoms with van der Waals surface area (Å²) in [7, 11) is 0. The minimum atomic E-state index is -0.966. The number of halogens is 1. The average Bonchev–Trinajstić information content (AvgIpc) is 2.91. The molecule has 0 atom stereocenters. The zero-order valence-corrected chi connectivity index (χ0v) is 14.6. The fourth-order valence-corrected chi connectivity index (χ4v) is 2.64. The summed E-state index contributed by atoms with van der Waals surface area (Å²) >= 11 is 0. The predicted octanol–water partition coefficient (Wildman–Crippen LogP) is 3.13. The summed E-state index contributed by atoms with van der Waals surface area (Å²) in [5.41, 5.74) is 1.86. The quantitative estimate of drug-likeness (QED) is 0.853. The molecule has 6 nitrogen and oxygen atoms in total. The van der Waals surface area contributed by atoms with Crippen LogP contribution in [-0.4, -0.2) is 42.4 Å². The van der Waals surface area contributed by atoms with E-state index in [1.54, 1.807) is 32.9 Å². The lowest BCUT2D eigenvalue weighted by Crippen LogP contribution is -2.35. The molecule has 0 radical (unpaired) electrons. The first-order valence-corrected chi connectivity index (χ1v) is 8.06. The van der Waals surface area contributed by atoms with Crippen LogP contribution < -0.4 is 10.2 Å². The SMILES string of the molecule is CC(C)(C)OC(=O)NC/C(=C\F)CN1CCc2cc(C(=O)O)ccc21. The Kier molecular flexibility index (Phi) is 5.66. The molecule has 0 unspecified atom stereocenters. The number of carbonyl (C=O) groups excluding carboxylic acids is 1. The Morgan fingerprint density at radius 1 is 1.40 bits per heavy atom. The number of hydrogen-bond donors (Lipinski definition) is 2. The van der Waals surface area contributed by atoms with Gasteiger partial charge in [-0.1, -0.05) is 0 Å². The van der Waals surface area contributed by atoms with Gasteiger partial charge in [0.15, 0.2) is 0 Å². The third kappa shape index (κ3) is 5.20. The predicted molar refractivity (Wildman–Crippen MR) is 92.7 cm³/mol. The lowest BCUT2D eigenvalue weighted by atomic mass is 10.1. The summed E-state index contributed by atoms with van der Waals surface area (Å²) in [6.45, 7) is 6.29.